The maximum atomic E-state index is 9.90. The van der Waals surface area contributed by atoms with Gasteiger partial charge in [0.1, 0.15) is 23.7 Å². The van der Waals surface area contributed by atoms with Crippen molar-refractivity contribution in [3.05, 3.63) is 12.0 Å². The molecular weight excluding hydrogens is 264 g/mol. The zero-order valence-corrected chi connectivity index (χ0v) is 10.9. The third kappa shape index (κ3) is 2.42. The molecule has 110 valence electrons. The average molecular weight is 282 g/mol. The van der Waals surface area contributed by atoms with Crippen LogP contribution >= 0.6 is 0 Å². The molecule has 2 aliphatic rings. The van der Waals surface area contributed by atoms with E-state index in [-0.39, 0.29) is 19.3 Å². The van der Waals surface area contributed by atoms with Crippen LogP contribution in [-0.2, 0) is 11.3 Å². The van der Waals surface area contributed by atoms with Crippen LogP contribution in [0.4, 0.5) is 5.82 Å². The standard InChI is InChI=1S/C12H18N4O4/c17-4-10-8(18)1-7(20-10)3-16-6-15-11-9(19)2-13-5-14-12(11)16/h5-10,17-19H,1-4H2,(H,13,14)/t7?,8?,9-,10?/m1/s1. The SMILES string of the molecule is OCC1OC(Cn2cnc3c2NC=NC[C@H]3O)CC1O. The van der Waals surface area contributed by atoms with Crippen molar-refractivity contribution in [2.75, 3.05) is 18.5 Å². The van der Waals surface area contributed by atoms with Crippen LogP contribution in [-0.4, -0.2) is 62.7 Å². The lowest BCUT2D eigenvalue weighted by Gasteiger charge is -2.15. The van der Waals surface area contributed by atoms with Crippen molar-refractivity contribution in [2.45, 2.75) is 37.4 Å². The van der Waals surface area contributed by atoms with E-state index < -0.39 is 18.3 Å². The predicted octanol–water partition coefficient (Wildman–Crippen LogP) is -1.12. The minimum Gasteiger partial charge on any atom is -0.394 e. The first-order valence-corrected chi connectivity index (χ1v) is 6.61. The Hall–Kier alpha value is -1.48. The van der Waals surface area contributed by atoms with E-state index in [2.05, 4.69) is 15.3 Å². The molecule has 1 saturated heterocycles. The first-order chi connectivity index (χ1) is 9.69. The Morgan fingerprint density at radius 3 is 3.05 bits per heavy atom. The summed E-state index contributed by atoms with van der Waals surface area (Å²) in [6.45, 7) is 0.578. The number of ether oxygens (including phenoxy) is 1. The van der Waals surface area contributed by atoms with Gasteiger partial charge in [-0.2, -0.15) is 0 Å². The summed E-state index contributed by atoms with van der Waals surface area (Å²) >= 11 is 0. The summed E-state index contributed by atoms with van der Waals surface area (Å²) in [6, 6.07) is 0. The zero-order valence-electron chi connectivity index (χ0n) is 10.9. The highest BCUT2D eigenvalue weighted by Crippen LogP contribution is 2.27. The average Bonchev–Trinajstić information content (AvgIpc) is 2.93. The van der Waals surface area contributed by atoms with Gasteiger partial charge in [-0.15, -0.1) is 0 Å². The summed E-state index contributed by atoms with van der Waals surface area (Å²) in [6.07, 6.45) is 1.54. The number of aliphatic imine (C=N–C) groups is 1. The van der Waals surface area contributed by atoms with Crippen molar-refractivity contribution < 1.29 is 20.1 Å². The summed E-state index contributed by atoms with van der Waals surface area (Å²) in [7, 11) is 0. The third-order valence-electron chi connectivity index (χ3n) is 3.63. The van der Waals surface area contributed by atoms with Crippen molar-refractivity contribution in [2.24, 2.45) is 4.99 Å². The van der Waals surface area contributed by atoms with E-state index >= 15 is 0 Å². The number of hydrogen-bond donors (Lipinski definition) is 4. The van der Waals surface area contributed by atoms with Crippen LogP contribution in [0, 0.1) is 0 Å². The number of hydrogen-bond acceptors (Lipinski definition) is 7. The molecule has 8 nitrogen and oxygen atoms in total. The third-order valence-corrected chi connectivity index (χ3v) is 3.63. The van der Waals surface area contributed by atoms with Crippen molar-refractivity contribution in [3.63, 3.8) is 0 Å². The number of fused-ring (bicyclic) bond motifs is 1. The summed E-state index contributed by atoms with van der Waals surface area (Å²) in [5.74, 6) is 0.685. The lowest BCUT2D eigenvalue weighted by atomic mass is 10.1. The van der Waals surface area contributed by atoms with E-state index in [1.807, 2.05) is 4.57 Å². The molecule has 0 aromatic carbocycles. The van der Waals surface area contributed by atoms with Gasteiger partial charge in [0.05, 0.1) is 44.6 Å². The van der Waals surface area contributed by atoms with Crippen LogP contribution in [0.2, 0.25) is 0 Å². The van der Waals surface area contributed by atoms with E-state index in [1.54, 1.807) is 6.33 Å². The lowest BCUT2D eigenvalue weighted by molar-refractivity contribution is -0.0256. The molecule has 1 fully saturated rings. The normalized spacial score (nSPS) is 32.8. The molecule has 0 aliphatic carbocycles. The fourth-order valence-electron chi connectivity index (χ4n) is 2.60. The van der Waals surface area contributed by atoms with Gasteiger partial charge in [0.2, 0.25) is 0 Å². The summed E-state index contributed by atoms with van der Waals surface area (Å²) in [5.41, 5.74) is 0.555. The van der Waals surface area contributed by atoms with Crippen molar-refractivity contribution >= 4 is 12.2 Å². The van der Waals surface area contributed by atoms with E-state index in [4.69, 9.17) is 9.84 Å². The minimum atomic E-state index is -0.724. The fourth-order valence-corrected chi connectivity index (χ4v) is 2.60. The molecule has 4 N–H and O–H groups in total. The van der Waals surface area contributed by atoms with Crippen molar-refractivity contribution in [3.8, 4) is 0 Å². The van der Waals surface area contributed by atoms with Crippen LogP contribution in [0.5, 0.6) is 0 Å². The Morgan fingerprint density at radius 1 is 1.45 bits per heavy atom. The van der Waals surface area contributed by atoms with Crippen LogP contribution < -0.4 is 5.32 Å². The lowest BCUT2D eigenvalue weighted by Crippen LogP contribution is -2.24. The number of nitrogens with zero attached hydrogens (tertiary/aromatic N) is 3. The highest BCUT2D eigenvalue weighted by Gasteiger charge is 2.34. The molecule has 4 atom stereocenters. The van der Waals surface area contributed by atoms with Gasteiger partial charge in [0.15, 0.2) is 0 Å². The second-order valence-corrected chi connectivity index (χ2v) is 5.07. The topological polar surface area (TPSA) is 112 Å². The van der Waals surface area contributed by atoms with Gasteiger partial charge < -0.3 is 29.9 Å². The van der Waals surface area contributed by atoms with E-state index in [1.165, 1.54) is 6.34 Å². The number of anilines is 1. The number of aliphatic hydroxyl groups excluding tert-OH is 3. The number of nitrogens with one attached hydrogen (secondary N) is 1. The van der Waals surface area contributed by atoms with Gasteiger partial charge >= 0.3 is 0 Å². The quantitative estimate of drug-likeness (QED) is 0.559. The molecule has 0 amide bonds. The number of imidazole rings is 1. The molecule has 8 heteroatoms. The second kappa shape index (κ2) is 5.49. The number of aliphatic hydroxyl groups is 3. The van der Waals surface area contributed by atoms with Gasteiger partial charge in [-0.1, -0.05) is 0 Å². The molecule has 0 bridgehead atoms. The van der Waals surface area contributed by atoms with Gasteiger partial charge in [0, 0.05) is 6.42 Å². The van der Waals surface area contributed by atoms with Gasteiger partial charge in [0.25, 0.3) is 0 Å². The largest absolute Gasteiger partial charge is 0.394 e. The van der Waals surface area contributed by atoms with Gasteiger partial charge in [-0.25, -0.2) is 4.98 Å². The maximum absolute atomic E-state index is 9.90. The highest BCUT2D eigenvalue weighted by atomic mass is 16.5. The Morgan fingerprint density at radius 2 is 2.30 bits per heavy atom. The fraction of sp³-hybridized carbons (Fsp3) is 0.667. The molecular formula is C12H18N4O4. The van der Waals surface area contributed by atoms with Gasteiger partial charge in [-0.3, -0.25) is 4.99 Å². The Kier molecular flexibility index (Phi) is 3.70. The summed E-state index contributed by atoms with van der Waals surface area (Å²) in [5, 5.41) is 31.7. The first kappa shape index (κ1) is 13.5. The molecule has 1 aromatic heterocycles. The van der Waals surface area contributed by atoms with Crippen LogP contribution in [0.1, 0.15) is 18.2 Å². The molecule has 20 heavy (non-hydrogen) atoms. The van der Waals surface area contributed by atoms with Crippen LogP contribution in [0.15, 0.2) is 11.3 Å². The predicted molar refractivity (Wildman–Crippen MR) is 70.5 cm³/mol. The molecule has 3 rings (SSSR count). The molecule has 1 aromatic rings. The van der Waals surface area contributed by atoms with Crippen molar-refractivity contribution in [1.82, 2.24) is 9.55 Å². The van der Waals surface area contributed by atoms with E-state index in [0.717, 1.165) is 0 Å². The molecule has 0 radical (unpaired) electrons. The maximum Gasteiger partial charge on any atom is 0.137 e. The van der Waals surface area contributed by atoms with E-state index in [9.17, 15) is 10.2 Å². The Balaban J connectivity index is 1.74. The molecule has 2 aliphatic heterocycles. The van der Waals surface area contributed by atoms with Crippen LogP contribution in [0.25, 0.3) is 0 Å². The zero-order chi connectivity index (χ0) is 14.1. The number of aromatic nitrogens is 2. The minimum absolute atomic E-state index is 0.191. The highest BCUT2D eigenvalue weighted by molar-refractivity contribution is 5.76. The molecule has 0 saturated carbocycles. The smallest absolute Gasteiger partial charge is 0.137 e. The first-order valence-electron chi connectivity index (χ1n) is 6.61. The number of rotatable bonds is 3. The Bertz CT molecular complexity index is 504. The van der Waals surface area contributed by atoms with Crippen molar-refractivity contribution in [1.29, 1.82) is 0 Å². The van der Waals surface area contributed by atoms with Gasteiger partial charge in [-0.05, 0) is 0 Å². The molecule has 0 spiro atoms. The van der Waals surface area contributed by atoms with Crippen LogP contribution in [0.3, 0.4) is 0 Å². The monoisotopic (exact) mass is 282 g/mol. The van der Waals surface area contributed by atoms with E-state index in [0.29, 0.717) is 24.5 Å². The Labute approximate surface area is 115 Å². The molecule has 3 unspecified atom stereocenters. The second-order valence-electron chi connectivity index (χ2n) is 5.07. The summed E-state index contributed by atoms with van der Waals surface area (Å²) < 4.78 is 7.40. The molecule has 3 heterocycles. The summed E-state index contributed by atoms with van der Waals surface area (Å²) in [4.78, 5) is 8.21.